The number of amides is 3. The predicted molar refractivity (Wildman–Crippen MR) is 107 cm³/mol. The minimum atomic E-state index is -1.36. The smallest absolute Gasteiger partial charge is 0.339 e. The summed E-state index contributed by atoms with van der Waals surface area (Å²) in [7, 11) is -1.36. The Morgan fingerprint density at radius 3 is 2.24 bits per heavy atom. The van der Waals surface area contributed by atoms with Gasteiger partial charge in [0.2, 0.25) is 0 Å². The van der Waals surface area contributed by atoms with Crippen molar-refractivity contribution in [2.75, 3.05) is 12.9 Å². The van der Waals surface area contributed by atoms with Crippen molar-refractivity contribution in [1.82, 2.24) is 10.6 Å². The number of urea groups is 1. The van der Waals surface area contributed by atoms with Gasteiger partial charge in [-0.1, -0.05) is 12.1 Å². The molecule has 0 aromatic heterocycles. The van der Waals surface area contributed by atoms with Gasteiger partial charge in [-0.3, -0.25) is 14.3 Å². The van der Waals surface area contributed by atoms with Crippen LogP contribution in [0.2, 0.25) is 0 Å². The second kappa shape index (κ2) is 7.89. The Balaban J connectivity index is 1.28. The monoisotopic (exact) mass is 418 g/mol. The molecule has 1 aromatic carbocycles. The van der Waals surface area contributed by atoms with Gasteiger partial charge in [0.05, 0.1) is 21.3 Å². The van der Waals surface area contributed by atoms with E-state index >= 15 is 0 Å². The maximum atomic E-state index is 12.4. The van der Waals surface area contributed by atoms with Crippen molar-refractivity contribution in [3.63, 3.8) is 0 Å². The molecule has 4 saturated carbocycles. The van der Waals surface area contributed by atoms with E-state index in [2.05, 4.69) is 10.6 Å². The Kier molecular flexibility index (Phi) is 5.46. The number of carbonyl (C=O) groups is 3. The van der Waals surface area contributed by atoms with Gasteiger partial charge in [-0.25, -0.2) is 9.59 Å². The van der Waals surface area contributed by atoms with Crippen LogP contribution in [0.25, 0.3) is 0 Å². The maximum absolute atomic E-state index is 12.4. The van der Waals surface area contributed by atoms with Gasteiger partial charge in [0.1, 0.15) is 0 Å². The molecule has 0 spiro atoms. The lowest BCUT2D eigenvalue weighted by atomic mass is 9.53. The van der Waals surface area contributed by atoms with Gasteiger partial charge in [0, 0.05) is 11.8 Å². The number of esters is 1. The minimum Gasteiger partial charge on any atom is -0.452 e. The molecule has 8 heteroatoms. The Hall–Kier alpha value is -2.22. The average molecular weight is 419 g/mol. The first-order valence-electron chi connectivity index (χ1n) is 10.1. The number of ether oxygens (including phenoxy) is 1. The van der Waals surface area contributed by atoms with Crippen LogP contribution in [-0.2, 0) is 20.3 Å². The first kappa shape index (κ1) is 20.1. The Morgan fingerprint density at radius 1 is 1.07 bits per heavy atom. The van der Waals surface area contributed by atoms with E-state index in [0.717, 1.165) is 19.3 Å². The van der Waals surface area contributed by atoms with Crippen LogP contribution in [0.4, 0.5) is 4.79 Å². The third-order valence-corrected chi connectivity index (χ3v) is 7.40. The number of rotatable bonds is 5. The number of carbonyl (C=O) groups excluding carboxylic acids is 3. The number of hydrogen-bond acceptors (Lipinski definition) is 5. The second-order valence-electron chi connectivity index (χ2n) is 8.73. The summed E-state index contributed by atoms with van der Waals surface area (Å²) in [5.41, 5.74) is -0.0425. The molecule has 2 N–H and O–H groups in total. The summed E-state index contributed by atoms with van der Waals surface area (Å²) in [6.07, 6.45) is 8.22. The summed E-state index contributed by atoms with van der Waals surface area (Å²) in [5.74, 6) is 0.621. The summed E-state index contributed by atoms with van der Waals surface area (Å²) < 4.78 is 16.7. The van der Waals surface area contributed by atoms with E-state index in [0.29, 0.717) is 22.6 Å². The van der Waals surface area contributed by atoms with Gasteiger partial charge >= 0.3 is 12.0 Å². The molecular weight excluding hydrogens is 392 g/mol. The summed E-state index contributed by atoms with van der Waals surface area (Å²) in [4.78, 5) is 37.0. The normalized spacial score (nSPS) is 30.4. The molecule has 3 amide bonds. The molecule has 0 aliphatic heterocycles. The van der Waals surface area contributed by atoms with E-state index < -0.39 is 35.3 Å². The molecule has 0 unspecified atom stereocenters. The van der Waals surface area contributed by atoms with Crippen molar-refractivity contribution in [1.29, 1.82) is 0 Å². The fraction of sp³-hybridized carbons (Fsp3) is 0.571. The summed E-state index contributed by atoms with van der Waals surface area (Å²) in [6.45, 7) is -0.572. The Bertz CT molecular complexity index is 833. The van der Waals surface area contributed by atoms with Crippen LogP contribution in [0.5, 0.6) is 0 Å². The molecule has 7 nitrogen and oxygen atoms in total. The van der Waals surface area contributed by atoms with Crippen LogP contribution in [0.15, 0.2) is 29.2 Å². The zero-order chi connectivity index (χ0) is 20.6. The van der Waals surface area contributed by atoms with Crippen molar-refractivity contribution < 1.29 is 23.3 Å². The second-order valence-corrected chi connectivity index (χ2v) is 10.1. The first-order chi connectivity index (χ1) is 13.8. The molecule has 156 valence electrons. The topological polar surface area (TPSA) is 102 Å². The van der Waals surface area contributed by atoms with Gasteiger partial charge in [0.25, 0.3) is 5.91 Å². The van der Waals surface area contributed by atoms with E-state index in [4.69, 9.17) is 4.74 Å². The van der Waals surface area contributed by atoms with Crippen molar-refractivity contribution in [3.8, 4) is 0 Å². The lowest BCUT2D eigenvalue weighted by molar-refractivity contribution is -0.123. The summed E-state index contributed by atoms with van der Waals surface area (Å²) in [5, 5.41) is 5.32. The predicted octanol–water partition coefficient (Wildman–Crippen LogP) is 2.38. The molecule has 0 saturated heterocycles. The van der Waals surface area contributed by atoms with E-state index in [-0.39, 0.29) is 11.1 Å². The quantitative estimate of drug-likeness (QED) is 0.715. The fourth-order valence-electron chi connectivity index (χ4n) is 5.79. The molecule has 5 rings (SSSR count). The van der Waals surface area contributed by atoms with Gasteiger partial charge < -0.3 is 10.1 Å². The van der Waals surface area contributed by atoms with E-state index in [9.17, 15) is 18.6 Å². The van der Waals surface area contributed by atoms with Gasteiger partial charge in [-0.15, -0.1) is 0 Å². The highest BCUT2D eigenvalue weighted by molar-refractivity contribution is 7.84. The highest BCUT2D eigenvalue weighted by Crippen LogP contribution is 2.55. The van der Waals surface area contributed by atoms with Crippen LogP contribution in [0, 0.1) is 17.8 Å². The first-order valence-corrected chi connectivity index (χ1v) is 11.6. The van der Waals surface area contributed by atoms with Crippen LogP contribution in [-0.4, -0.2) is 40.5 Å². The third kappa shape index (κ3) is 4.37. The molecule has 0 heterocycles. The third-order valence-electron chi connectivity index (χ3n) is 6.42. The van der Waals surface area contributed by atoms with Crippen molar-refractivity contribution in [2.45, 2.75) is 49.0 Å². The van der Waals surface area contributed by atoms with Crippen LogP contribution in [0.3, 0.4) is 0 Å². The van der Waals surface area contributed by atoms with Gasteiger partial charge in [0.15, 0.2) is 6.61 Å². The fourth-order valence-corrected chi connectivity index (χ4v) is 6.52. The summed E-state index contributed by atoms with van der Waals surface area (Å²) in [6, 6.07) is 5.85. The van der Waals surface area contributed by atoms with Crippen LogP contribution < -0.4 is 10.6 Å². The largest absolute Gasteiger partial charge is 0.452 e. The highest BCUT2D eigenvalue weighted by Gasteiger charge is 2.51. The van der Waals surface area contributed by atoms with Crippen molar-refractivity contribution in [3.05, 3.63) is 29.8 Å². The minimum absolute atomic E-state index is 0.152. The molecule has 4 fully saturated rings. The van der Waals surface area contributed by atoms with Crippen molar-refractivity contribution >= 4 is 28.7 Å². The SMILES string of the molecule is C[S@@](=O)c1ccccc1C(=O)OCC(=O)NC(=O)NC12CC3CC(CC(C3)C1)C2. The zero-order valence-electron chi connectivity index (χ0n) is 16.4. The van der Waals surface area contributed by atoms with E-state index in [1.807, 2.05) is 0 Å². The maximum Gasteiger partial charge on any atom is 0.339 e. The molecule has 0 radical (unpaired) electrons. The van der Waals surface area contributed by atoms with Crippen molar-refractivity contribution in [2.24, 2.45) is 17.8 Å². The standard InChI is InChI=1S/C21H26N2O5S/c1-29(27)17-5-3-2-4-16(17)19(25)28-12-18(24)22-20(26)23-21-9-13-6-14(10-21)8-15(7-13)11-21/h2-5,13-15H,6-12H2,1H3,(H2,22,23,24,26)/t13?,14?,15?,21?,29-/m1/s1. The van der Waals surface area contributed by atoms with Gasteiger partial charge in [-0.05, 0) is 68.4 Å². The zero-order valence-corrected chi connectivity index (χ0v) is 17.3. The summed E-state index contributed by atoms with van der Waals surface area (Å²) >= 11 is 0. The molecule has 4 aliphatic carbocycles. The van der Waals surface area contributed by atoms with E-state index in [1.165, 1.54) is 31.6 Å². The number of benzene rings is 1. The number of imide groups is 1. The molecule has 1 atom stereocenters. The van der Waals surface area contributed by atoms with Gasteiger partial charge in [-0.2, -0.15) is 0 Å². The average Bonchev–Trinajstić information content (AvgIpc) is 2.64. The number of nitrogens with one attached hydrogen (secondary N) is 2. The molecule has 4 bridgehead atoms. The van der Waals surface area contributed by atoms with E-state index in [1.54, 1.807) is 18.2 Å². The lowest BCUT2D eigenvalue weighted by Gasteiger charge is -2.56. The molecule has 1 aromatic rings. The number of hydrogen-bond donors (Lipinski definition) is 2. The van der Waals surface area contributed by atoms with Crippen LogP contribution in [0.1, 0.15) is 48.9 Å². The molecule has 29 heavy (non-hydrogen) atoms. The Labute approximate surface area is 172 Å². The molecular formula is C21H26N2O5S. The highest BCUT2D eigenvalue weighted by atomic mass is 32.2. The van der Waals surface area contributed by atoms with Crippen LogP contribution >= 0.6 is 0 Å². The Morgan fingerprint density at radius 2 is 1.66 bits per heavy atom. The molecule has 4 aliphatic rings. The lowest BCUT2D eigenvalue weighted by Crippen LogP contribution is -2.62.